The predicted molar refractivity (Wildman–Crippen MR) is 43.5 cm³/mol. The molecule has 3 nitrogen and oxygen atoms in total. The highest BCUT2D eigenvalue weighted by Gasteiger charge is 1.96. The summed E-state index contributed by atoms with van der Waals surface area (Å²) >= 11 is 0. The molecule has 0 heterocycles. The highest BCUT2D eigenvalue weighted by atomic mass is 16.2. The summed E-state index contributed by atoms with van der Waals surface area (Å²) in [5.41, 5.74) is 0. The quantitative estimate of drug-likeness (QED) is 0.333. The van der Waals surface area contributed by atoms with Crippen molar-refractivity contribution in [3.8, 4) is 0 Å². The van der Waals surface area contributed by atoms with E-state index >= 15 is 0 Å². The van der Waals surface area contributed by atoms with E-state index in [-0.39, 0.29) is 5.78 Å². The van der Waals surface area contributed by atoms with Gasteiger partial charge in [0, 0.05) is 6.42 Å². The van der Waals surface area contributed by atoms with E-state index in [2.05, 4.69) is 5.32 Å². The van der Waals surface area contributed by atoms with Gasteiger partial charge in [0.15, 0.2) is 12.1 Å². The molecular formula is C8H15NO2. The van der Waals surface area contributed by atoms with Crippen LogP contribution in [-0.4, -0.2) is 25.2 Å². The van der Waals surface area contributed by atoms with Crippen LogP contribution in [-0.2, 0) is 9.59 Å². The van der Waals surface area contributed by atoms with Crippen LogP contribution < -0.4 is 5.32 Å². The van der Waals surface area contributed by atoms with Crippen LogP contribution in [0.15, 0.2) is 0 Å². The largest absolute Gasteiger partial charge is 0.317 e. The molecule has 0 bridgehead atoms. The van der Waals surface area contributed by atoms with Crippen molar-refractivity contribution in [2.75, 3.05) is 13.1 Å². The number of hydrogen-bond donors (Lipinski definition) is 1. The second-order valence-corrected chi connectivity index (χ2v) is 2.39. The van der Waals surface area contributed by atoms with Gasteiger partial charge in [0.2, 0.25) is 0 Å². The molecular weight excluding hydrogens is 142 g/mol. The van der Waals surface area contributed by atoms with Gasteiger partial charge in [-0.3, -0.25) is 9.59 Å². The fourth-order valence-electron chi connectivity index (χ4n) is 0.785. The molecule has 0 fully saturated rings. The van der Waals surface area contributed by atoms with E-state index < -0.39 is 0 Å². The lowest BCUT2D eigenvalue weighted by Crippen LogP contribution is -2.14. The summed E-state index contributed by atoms with van der Waals surface area (Å²) in [5, 5.41) is 3.14. The number of hydrogen-bond acceptors (Lipinski definition) is 3. The van der Waals surface area contributed by atoms with Crippen molar-refractivity contribution in [3.05, 3.63) is 0 Å². The maximum absolute atomic E-state index is 10.5. The first kappa shape index (κ1) is 10.3. The van der Waals surface area contributed by atoms with Gasteiger partial charge in [-0.2, -0.15) is 0 Å². The molecule has 0 radical (unpaired) electrons. The van der Waals surface area contributed by atoms with E-state index in [1.165, 1.54) is 0 Å². The highest BCUT2D eigenvalue weighted by molar-refractivity contribution is 6.24. The number of carbonyl (C=O) groups is 2. The van der Waals surface area contributed by atoms with Gasteiger partial charge in [0.05, 0.1) is 0 Å². The van der Waals surface area contributed by atoms with Gasteiger partial charge < -0.3 is 5.32 Å². The Morgan fingerprint density at radius 3 is 2.73 bits per heavy atom. The van der Waals surface area contributed by atoms with Crippen molar-refractivity contribution < 1.29 is 9.59 Å². The molecule has 0 saturated carbocycles. The molecule has 0 aliphatic rings. The molecule has 0 aliphatic heterocycles. The summed E-state index contributed by atoms with van der Waals surface area (Å²) in [5.74, 6) is -0.290. The highest BCUT2D eigenvalue weighted by Crippen LogP contribution is 1.93. The van der Waals surface area contributed by atoms with Crippen molar-refractivity contribution >= 4 is 12.1 Å². The van der Waals surface area contributed by atoms with Crippen LogP contribution in [0.2, 0.25) is 0 Å². The Kier molecular flexibility index (Phi) is 6.94. The third-order valence-corrected chi connectivity index (χ3v) is 1.41. The van der Waals surface area contributed by atoms with Crippen LogP contribution in [0.3, 0.4) is 0 Å². The average Bonchev–Trinajstić information content (AvgIpc) is 2.04. The van der Waals surface area contributed by atoms with Crippen LogP contribution >= 0.6 is 0 Å². The van der Waals surface area contributed by atoms with Gasteiger partial charge in [-0.15, -0.1) is 0 Å². The van der Waals surface area contributed by atoms with Crippen molar-refractivity contribution in [3.63, 3.8) is 0 Å². The van der Waals surface area contributed by atoms with Crippen molar-refractivity contribution in [2.45, 2.75) is 26.2 Å². The zero-order chi connectivity index (χ0) is 8.53. The molecule has 11 heavy (non-hydrogen) atoms. The lowest BCUT2D eigenvalue weighted by Gasteiger charge is -1.98. The fourth-order valence-corrected chi connectivity index (χ4v) is 0.785. The molecule has 0 rings (SSSR count). The molecule has 0 atom stereocenters. The molecule has 0 amide bonds. The zero-order valence-corrected chi connectivity index (χ0v) is 6.93. The molecule has 1 N–H and O–H groups in total. The van der Waals surface area contributed by atoms with Gasteiger partial charge in [0.25, 0.3) is 0 Å². The number of Topliss-reactive ketones (excluding diaryl/α,β-unsaturated/α-hetero) is 1. The number of nitrogens with one attached hydrogen (secondary N) is 1. The number of rotatable bonds is 7. The molecule has 64 valence electrons. The first-order valence-electron chi connectivity index (χ1n) is 4.00. The van der Waals surface area contributed by atoms with Crippen LogP contribution in [0.4, 0.5) is 0 Å². The molecule has 0 spiro atoms. The van der Waals surface area contributed by atoms with Gasteiger partial charge in [-0.25, -0.2) is 0 Å². The van der Waals surface area contributed by atoms with E-state index in [1.807, 2.05) is 6.92 Å². The molecule has 0 unspecified atom stereocenters. The summed E-state index contributed by atoms with van der Waals surface area (Å²) < 4.78 is 0. The smallest absolute Gasteiger partial charge is 0.195 e. The SMILES string of the molecule is CCNCCCCC(=O)C=O. The van der Waals surface area contributed by atoms with Crippen molar-refractivity contribution in [1.82, 2.24) is 5.32 Å². The summed E-state index contributed by atoms with van der Waals surface area (Å²) in [6.07, 6.45) is 2.57. The molecule has 0 aromatic heterocycles. The second kappa shape index (κ2) is 7.41. The second-order valence-electron chi connectivity index (χ2n) is 2.39. The number of aldehydes is 1. The Bertz CT molecular complexity index is 123. The normalized spacial score (nSPS) is 9.55. The Balaban J connectivity index is 3.01. The number of ketones is 1. The van der Waals surface area contributed by atoms with E-state index in [4.69, 9.17) is 0 Å². The van der Waals surface area contributed by atoms with Crippen LogP contribution in [0, 0.1) is 0 Å². The molecule has 0 aromatic rings. The maximum Gasteiger partial charge on any atom is 0.195 e. The van der Waals surface area contributed by atoms with E-state index in [1.54, 1.807) is 0 Å². The van der Waals surface area contributed by atoms with Gasteiger partial charge >= 0.3 is 0 Å². The summed E-state index contributed by atoms with van der Waals surface area (Å²) in [7, 11) is 0. The van der Waals surface area contributed by atoms with Crippen molar-refractivity contribution in [2.24, 2.45) is 0 Å². The Morgan fingerprint density at radius 2 is 2.18 bits per heavy atom. The third-order valence-electron chi connectivity index (χ3n) is 1.41. The van der Waals surface area contributed by atoms with Gasteiger partial charge in [-0.05, 0) is 25.9 Å². The maximum atomic E-state index is 10.5. The Labute approximate surface area is 67.2 Å². The summed E-state index contributed by atoms with van der Waals surface area (Å²) in [6, 6.07) is 0. The topological polar surface area (TPSA) is 46.2 Å². The standard InChI is InChI=1S/C8H15NO2/c1-2-9-6-4-3-5-8(11)7-10/h7,9H,2-6H2,1H3. The van der Waals surface area contributed by atoms with E-state index in [0.29, 0.717) is 12.7 Å². The first-order chi connectivity index (χ1) is 5.31. The van der Waals surface area contributed by atoms with Crippen LogP contribution in [0.25, 0.3) is 0 Å². The number of carbonyl (C=O) groups excluding carboxylic acids is 2. The molecule has 0 aliphatic carbocycles. The monoisotopic (exact) mass is 157 g/mol. The Hall–Kier alpha value is -0.700. The minimum absolute atomic E-state index is 0.290. The van der Waals surface area contributed by atoms with Gasteiger partial charge in [-0.1, -0.05) is 6.92 Å². The van der Waals surface area contributed by atoms with Crippen LogP contribution in [0.5, 0.6) is 0 Å². The first-order valence-corrected chi connectivity index (χ1v) is 4.00. The lowest BCUT2D eigenvalue weighted by molar-refractivity contribution is -0.129. The molecule has 3 heteroatoms. The summed E-state index contributed by atoms with van der Waals surface area (Å²) in [6.45, 7) is 3.93. The van der Waals surface area contributed by atoms with Crippen LogP contribution in [0.1, 0.15) is 26.2 Å². The number of unbranched alkanes of at least 4 members (excludes halogenated alkanes) is 1. The molecule has 0 saturated heterocycles. The zero-order valence-electron chi connectivity index (χ0n) is 6.93. The summed E-state index contributed by atoms with van der Waals surface area (Å²) in [4.78, 5) is 20.3. The predicted octanol–water partition coefficient (Wildman–Crippen LogP) is 0.534. The van der Waals surface area contributed by atoms with Gasteiger partial charge in [0.1, 0.15) is 0 Å². The Morgan fingerprint density at radius 1 is 1.45 bits per heavy atom. The lowest BCUT2D eigenvalue weighted by atomic mass is 10.2. The third kappa shape index (κ3) is 7.19. The fraction of sp³-hybridized carbons (Fsp3) is 0.750. The minimum atomic E-state index is -0.290. The van der Waals surface area contributed by atoms with E-state index in [9.17, 15) is 9.59 Å². The van der Waals surface area contributed by atoms with E-state index in [0.717, 1.165) is 25.9 Å². The minimum Gasteiger partial charge on any atom is -0.317 e. The van der Waals surface area contributed by atoms with Crippen molar-refractivity contribution in [1.29, 1.82) is 0 Å². The molecule has 0 aromatic carbocycles. The average molecular weight is 157 g/mol.